The molecule has 0 spiro atoms. The van der Waals surface area contributed by atoms with Gasteiger partial charge in [0.05, 0.1) is 0 Å². The molecule has 1 heterocycles. The Balaban J connectivity index is 2.01. The van der Waals surface area contributed by atoms with Crippen LogP contribution < -0.4 is 0 Å². The number of allylic oxidation sites excluding steroid dienone is 2. The molecule has 0 saturated carbocycles. The molecule has 0 radical (unpaired) electrons. The number of hydrogen-bond acceptors (Lipinski definition) is 0. The van der Waals surface area contributed by atoms with Crippen LogP contribution in [0.5, 0.6) is 0 Å². The van der Waals surface area contributed by atoms with Gasteiger partial charge in [0.15, 0.2) is 0 Å². The summed E-state index contributed by atoms with van der Waals surface area (Å²) < 4.78 is 0. The molecule has 0 saturated heterocycles. The first-order valence-corrected chi connectivity index (χ1v) is 14.6. The topological polar surface area (TPSA) is 0 Å². The molecule has 3 heteroatoms. The fourth-order valence-electron chi connectivity index (χ4n) is 3.74. The first kappa shape index (κ1) is 20.4. The van der Waals surface area contributed by atoms with Gasteiger partial charge in [0.1, 0.15) is 0 Å². The van der Waals surface area contributed by atoms with Crippen molar-refractivity contribution in [1.82, 2.24) is 0 Å². The minimum atomic E-state index is 1.13. The van der Waals surface area contributed by atoms with Gasteiger partial charge in [-0.3, -0.25) is 0 Å². The van der Waals surface area contributed by atoms with Crippen molar-refractivity contribution in [2.24, 2.45) is 0 Å². The summed E-state index contributed by atoms with van der Waals surface area (Å²) in [4.78, 5) is 0. The lowest BCUT2D eigenvalue weighted by atomic mass is 9.87. The fourth-order valence-corrected chi connectivity index (χ4v) is 8.95. The van der Waals surface area contributed by atoms with Crippen molar-refractivity contribution in [3.05, 3.63) is 108 Å². The second-order valence-electron chi connectivity index (χ2n) is 7.17. The zero-order valence-electron chi connectivity index (χ0n) is 16.5. The van der Waals surface area contributed by atoms with E-state index in [-0.39, 0.29) is 0 Å². The van der Waals surface area contributed by atoms with Crippen LogP contribution in [0, 0.1) is 0 Å². The monoisotopic (exact) mass is 430 g/mol. The van der Waals surface area contributed by atoms with Crippen LogP contribution in [0.15, 0.2) is 91.0 Å². The predicted octanol–water partition coefficient (Wildman–Crippen LogP) is 9.06. The van der Waals surface area contributed by atoms with Gasteiger partial charge in [-0.1, -0.05) is 105 Å². The maximum absolute atomic E-state index is 2.29. The second kappa shape index (κ2) is 10.8. The molecule has 0 atom stereocenters. The van der Waals surface area contributed by atoms with Gasteiger partial charge in [-0.15, -0.1) is 0 Å². The largest absolute Gasteiger partial charge is 0.0664 e. The third kappa shape index (κ3) is 5.41. The van der Waals surface area contributed by atoms with Crippen molar-refractivity contribution in [2.45, 2.75) is 25.7 Å². The smallest absolute Gasteiger partial charge is 0.0220 e. The van der Waals surface area contributed by atoms with E-state index in [0.717, 1.165) is 6.42 Å². The van der Waals surface area contributed by atoms with E-state index in [4.69, 9.17) is 0 Å². The summed E-state index contributed by atoms with van der Waals surface area (Å²) in [5.74, 6) is 0. The SMILES string of the molecule is c1ccc(C2=P\P=P/CCCCC/C(c3ccccc3)=C\2c2ccccc2)cc1. The lowest BCUT2D eigenvalue weighted by Gasteiger charge is -2.19. The Morgan fingerprint density at radius 3 is 1.79 bits per heavy atom. The Labute approximate surface area is 179 Å². The molecule has 3 aromatic rings. The summed E-state index contributed by atoms with van der Waals surface area (Å²) >= 11 is 0. The van der Waals surface area contributed by atoms with Gasteiger partial charge in [0, 0.05) is 5.29 Å². The van der Waals surface area contributed by atoms with Crippen molar-refractivity contribution >= 4 is 39.8 Å². The van der Waals surface area contributed by atoms with Crippen LogP contribution in [0.25, 0.3) is 11.1 Å². The highest BCUT2D eigenvalue weighted by Crippen LogP contribution is 2.41. The molecule has 144 valence electrons. The van der Waals surface area contributed by atoms with Gasteiger partial charge < -0.3 is 0 Å². The van der Waals surface area contributed by atoms with E-state index in [1.54, 1.807) is 7.87 Å². The number of rotatable bonds is 3. The van der Waals surface area contributed by atoms with Crippen LogP contribution in [0.1, 0.15) is 42.4 Å². The van der Waals surface area contributed by atoms with Crippen molar-refractivity contribution in [3.63, 3.8) is 0 Å². The van der Waals surface area contributed by atoms with Crippen LogP contribution in [-0.4, -0.2) is 11.5 Å². The minimum absolute atomic E-state index is 1.13. The first-order valence-electron chi connectivity index (χ1n) is 10.3. The van der Waals surface area contributed by atoms with E-state index in [2.05, 4.69) is 91.0 Å². The van der Waals surface area contributed by atoms with Crippen molar-refractivity contribution in [1.29, 1.82) is 0 Å². The molecule has 0 fully saturated rings. The Hall–Kier alpha value is -1.83. The third-order valence-corrected chi connectivity index (χ3v) is 10.4. The molecule has 0 nitrogen and oxygen atoms in total. The number of benzene rings is 3. The lowest BCUT2D eigenvalue weighted by Crippen LogP contribution is -2.05. The fraction of sp³-hybridized carbons (Fsp3) is 0.192. The van der Waals surface area contributed by atoms with Crippen LogP contribution in [0.2, 0.25) is 0 Å². The van der Waals surface area contributed by atoms with Crippen molar-refractivity contribution in [2.75, 3.05) is 6.16 Å². The highest BCUT2D eigenvalue weighted by molar-refractivity contribution is 8.24. The molecule has 0 aromatic heterocycles. The molecule has 1 aliphatic heterocycles. The van der Waals surface area contributed by atoms with E-state index >= 15 is 0 Å². The average molecular weight is 430 g/mol. The summed E-state index contributed by atoms with van der Waals surface area (Å²) in [5, 5.41) is 1.46. The van der Waals surface area contributed by atoms with Crippen LogP contribution >= 0.6 is 23.3 Å². The Morgan fingerprint density at radius 1 is 0.552 bits per heavy atom. The minimum Gasteiger partial charge on any atom is -0.0664 e. The molecule has 0 bridgehead atoms. The van der Waals surface area contributed by atoms with Crippen LogP contribution in [0.3, 0.4) is 0 Å². The summed E-state index contributed by atoms with van der Waals surface area (Å²) in [6.45, 7) is 0. The zero-order chi connectivity index (χ0) is 19.7. The van der Waals surface area contributed by atoms with Crippen LogP contribution in [0.4, 0.5) is 0 Å². The molecule has 29 heavy (non-hydrogen) atoms. The maximum Gasteiger partial charge on any atom is 0.0220 e. The number of hydrogen-bond donors (Lipinski definition) is 0. The predicted molar refractivity (Wildman–Crippen MR) is 134 cm³/mol. The summed E-state index contributed by atoms with van der Waals surface area (Å²) in [7, 11) is 4.44. The quantitative estimate of drug-likeness (QED) is 0.364. The van der Waals surface area contributed by atoms with Gasteiger partial charge in [-0.2, -0.15) is 0 Å². The average Bonchev–Trinajstić information content (AvgIpc) is 2.84. The Bertz CT molecular complexity index is 1000. The first-order chi connectivity index (χ1) is 14.4. The molecule has 4 rings (SSSR count). The van der Waals surface area contributed by atoms with Gasteiger partial charge in [-0.25, -0.2) is 0 Å². The maximum atomic E-state index is 2.29. The van der Waals surface area contributed by atoms with E-state index in [1.807, 2.05) is 0 Å². The van der Waals surface area contributed by atoms with Gasteiger partial charge >= 0.3 is 0 Å². The normalized spacial score (nSPS) is 20.9. The summed E-state index contributed by atoms with van der Waals surface area (Å²) in [6, 6.07) is 33.1. The van der Waals surface area contributed by atoms with Gasteiger partial charge in [0.25, 0.3) is 0 Å². The second-order valence-corrected chi connectivity index (χ2v) is 12.3. The van der Waals surface area contributed by atoms with Gasteiger partial charge in [-0.05, 0) is 68.7 Å². The third-order valence-electron chi connectivity index (χ3n) is 5.16. The molecule has 0 N–H and O–H groups in total. The van der Waals surface area contributed by atoms with Crippen molar-refractivity contribution in [3.8, 4) is 0 Å². The van der Waals surface area contributed by atoms with E-state index in [9.17, 15) is 0 Å². The summed E-state index contributed by atoms with van der Waals surface area (Å²) in [6.07, 6.45) is 6.36. The molecule has 0 amide bonds. The van der Waals surface area contributed by atoms with Crippen molar-refractivity contribution < 1.29 is 0 Å². The van der Waals surface area contributed by atoms with Gasteiger partial charge in [0.2, 0.25) is 0 Å². The highest BCUT2D eigenvalue weighted by atomic mass is 32.2. The van der Waals surface area contributed by atoms with E-state index in [1.165, 1.54) is 74.0 Å². The van der Waals surface area contributed by atoms with E-state index in [0.29, 0.717) is 0 Å². The molecule has 0 aliphatic carbocycles. The zero-order valence-corrected chi connectivity index (χ0v) is 19.2. The summed E-state index contributed by atoms with van der Waals surface area (Å²) in [5.41, 5.74) is 6.99. The van der Waals surface area contributed by atoms with E-state index < -0.39 is 0 Å². The lowest BCUT2D eigenvalue weighted by molar-refractivity contribution is 0.741. The molecular weight excluding hydrogens is 405 g/mol. The highest BCUT2D eigenvalue weighted by Gasteiger charge is 2.18. The Morgan fingerprint density at radius 2 is 1.14 bits per heavy atom. The Kier molecular flexibility index (Phi) is 7.62. The molecule has 1 aliphatic rings. The molecule has 3 aromatic carbocycles. The molecular formula is C26H25P3. The molecule has 0 unspecified atom stereocenters. The van der Waals surface area contributed by atoms with Crippen LogP contribution in [-0.2, 0) is 0 Å². The standard InChI is InChI=1S/C26H25P3/c1-5-13-21(14-6-1)24-19-11-4-12-20-27-29-28-26(23-17-9-3-10-18-23)25(24)22-15-7-2-8-16-22/h1-3,5-10,13-18H,4,11-12,19-20H2/b25-24+.